The van der Waals surface area contributed by atoms with E-state index in [1.54, 1.807) is 6.20 Å². The standard InChI is InChI=1S/C10H9BrN2O/c1-6-2-8-10(13-9(11)3-6)7(5-14)4-12-8/h2-4,12,14H,1,5H2. The van der Waals surface area contributed by atoms with E-state index in [0.717, 1.165) is 21.8 Å². The average molecular weight is 253 g/mol. The highest BCUT2D eigenvalue weighted by Crippen LogP contribution is 2.11. The van der Waals surface area contributed by atoms with Gasteiger partial charge in [-0.3, -0.25) is 0 Å². The normalized spacial score (nSPS) is 15.0. The van der Waals surface area contributed by atoms with Crippen LogP contribution in [0.1, 0.15) is 5.56 Å². The van der Waals surface area contributed by atoms with E-state index in [9.17, 15) is 0 Å². The summed E-state index contributed by atoms with van der Waals surface area (Å²) in [5.74, 6) is 0. The van der Waals surface area contributed by atoms with E-state index in [2.05, 4.69) is 32.5 Å². The van der Waals surface area contributed by atoms with Crippen molar-refractivity contribution >= 4 is 22.0 Å². The maximum Gasteiger partial charge on any atom is 0.107 e. The topological polar surface area (TPSA) is 48.4 Å². The highest BCUT2D eigenvalue weighted by Gasteiger charge is 2.03. The third-order valence-electron chi connectivity index (χ3n) is 1.98. The van der Waals surface area contributed by atoms with Gasteiger partial charge in [0, 0.05) is 11.8 Å². The van der Waals surface area contributed by atoms with Gasteiger partial charge in [-0.2, -0.15) is 0 Å². The predicted octanol–water partition coefficient (Wildman–Crippen LogP) is 0.713. The zero-order chi connectivity index (χ0) is 10.1. The Balaban J connectivity index is 2.79. The van der Waals surface area contributed by atoms with Crippen LogP contribution in [0.25, 0.3) is 6.08 Å². The average Bonchev–Trinajstić information content (AvgIpc) is 2.41. The lowest BCUT2D eigenvalue weighted by Gasteiger charge is -1.88. The molecule has 0 radical (unpaired) electrons. The van der Waals surface area contributed by atoms with Crippen molar-refractivity contribution in [2.75, 3.05) is 0 Å². The molecule has 0 unspecified atom stereocenters. The molecule has 0 aliphatic carbocycles. The first-order valence-corrected chi connectivity index (χ1v) is 4.93. The second-order valence-corrected chi connectivity index (χ2v) is 3.84. The summed E-state index contributed by atoms with van der Waals surface area (Å²) >= 11 is 3.31. The fraction of sp³-hybridized carbons (Fsp3) is 0.100. The number of nitrogens with zero attached hydrogens (tertiary/aromatic N) is 1. The van der Waals surface area contributed by atoms with E-state index < -0.39 is 0 Å². The number of halogens is 1. The van der Waals surface area contributed by atoms with Gasteiger partial charge in [0.25, 0.3) is 0 Å². The molecule has 1 aromatic rings. The molecule has 0 atom stereocenters. The van der Waals surface area contributed by atoms with Crippen molar-refractivity contribution in [1.82, 2.24) is 4.98 Å². The second kappa shape index (κ2) is 3.55. The third-order valence-corrected chi connectivity index (χ3v) is 2.39. The van der Waals surface area contributed by atoms with Crippen LogP contribution in [-0.4, -0.2) is 10.1 Å². The molecule has 0 aromatic carbocycles. The summed E-state index contributed by atoms with van der Waals surface area (Å²) in [6.45, 7) is 3.84. The number of hydrogen-bond donors (Lipinski definition) is 2. The summed E-state index contributed by atoms with van der Waals surface area (Å²) in [6.07, 6.45) is 5.48. The van der Waals surface area contributed by atoms with E-state index in [4.69, 9.17) is 5.11 Å². The number of fused-ring (bicyclic) bond motifs is 1. The van der Waals surface area contributed by atoms with Crippen molar-refractivity contribution in [3.05, 3.63) is 45.3 Å². The van der Waals surface area contributed by atoms with Gasteiger partial charge in [0.1, 0.15) is 4.61 Å². The molecule has 0 amide bonds. The minimum absolute atomic E-state index is 0.0179. The van der Waals surface area contributed by atoms with E-state index in [0.29, 0.717) is 4.61 Å². The molecule has 1 aliphatic heterocycles. The Hall–Kier alpha value is -1.13. The van der Waals surface area contributed by atoms with E-state index in [1.807, 2.05) is 12.2 Å². The van der Waals surface area contributed by atoms with Crippen LogP contribution >= 0.6 is 15.9 Å². The number of aliphatic hydroxyl groups is 1. The first kappa shape index (κ1) is 9.43. The number of rotatable bonds is 1. The molecule has 0 bridgehead atoms. The molecule has 14 heavy (non-hydrogen) atoms. The fourth-order valence-electron chi connectivity index (χ4n) is 1.36. The van der Waals surface area contributed by atoms with Gasteiger partial charge in [0.15, 0.2) is 0 Å². The Morgan fingerprint density at radius 3 is 3.00 bits per heavy atom. The molecule has 0 saturated carbocycles. The minimum Gasteiger partial charge on any atom is -0.392 e. The van der Waals surface area contributed by atoms with Crippen LogP contribution in [0, 0.1) is 0 Å². The molecular weight excluding hydrogens is 244 g/mol. The summed E-state index contributed by atoms with van der Waals surface area (Å²) in [7, 11) is 0. The van der Waals surface area contributed by atoms with Crippen molar-refractivity contribution in [2.24, 2.45) is 4.99 Å². The van der Waals surface area contributed by atoms with Crippen LogP contribution in [0.15, 0.2) is 34.0 Å². The first-order valence-electron chi connectivity index (χ1n) is 4.14. The van der Waals surface area contributed by atoms with Crippen LogP contribution < -0.4 is 10.7 Å². The zero-order valence-electron chi connectivity index (χ0n) is 7.42. The molecule has 1 aliphatic rings. The maximum absolute atomic E-state index is 9.08. The van der Waals surface area contributed by atoms with Crippen LogP contribution in [0.3, 0.4) is 0 Å². The lowest BCUT2D eigenvalue weighted by Crippen LogP contribution is -2.24. The minimum atomic E-state index is -0.0179. The van der Waals surface area contributed by atoms with Gasteiger partial charge in [0.05, 0.1) is 17.3 Å². The van der Waals surface area contributed by atoms with Crippen LogP contribution in [0.5, 0.6) is 0 Å². The molecule has 72 valence electrons. The van der Waals surface area contributed by atoms with Crippen molar-refractivity contribution in [2.45, 2.75) is 6.61 Å². The SMILES string of the molecule is C=C1C=C(Br)N=c2c(CO)c[nH]c2=C1. The van der Waals surface area contributed by atoms with Gasteiger partial charge in [0.2, 0.25) is 0 Å². The zero-order valence-corrected chi connectivity index (χ0v) is 9.00. The summed E-state index contributed by atoms with van der Waals surface area (Å²) in [4.78, 5) is 7.36. The number of hydrogen-bond acceptors (Lipinski definition) is 2. The first-order chi connectivity index (χ1) is 6.70. The van der Waals surface area contributed by atoms with Gasteiger partial charge in [-0.05, 0) is 33.7 Å². The van der Waals surface area contributed by atoms with Gasteiger partial charge >= 0.3 is 0 Å². The van der Waals surface area contributed by atoms with Crippen molar-refractivity contribution in [3.63, 3.8) is 0 Å². The van der Waals surface area contributed by atoms with E-state index >= 15 is 0 Å². The number of H-pyrrole nitrogens is 1. The summed E-state index contributed by atoms with van der Waals surface area (Å²) < 4.78 is 0.715. The Morgan fingerprint density at radius 2 is 2.29 bits per heavy atom. The quantitative estimate of drug-likeness (QED) is 0.711. The predicted molar refractivity (Wildman–Crippen MR) is 58.1 cm³/mol. The molecule has 4 heteroatoms. The molecule has 2 N–H and O–H groups in total. The third kappa shape index (κ3) is 1.58. The summed E-state index contributed by atoms with van der Waals surface area (Å²) in [5.41, 5.74) is 1.65. The van der Waals surface area contributed by atoms with Gasteiger partial charge in [-0.15, -0.1) is 0 Å². The van der Waals surface area contributed by atoms with Crippen LogP contribution in [0.4, 0.5) is 0 Å². The Bertz CT molecular complexity index is 525. The van der Waals surface area contributed by atoms with Crippen molar-refractivity contribution in [1.29, 1.82) is 0 Å². The molecule has 0 saturated heterocycles. The molecule has 1 aromatic heterocycles. The molecule has 2 heterocycles. The van der Waals surface area contributed by atoms with E-state index in [-0.39, 0.29) is 6.61 Å². The van der Waals surface area contributed by atoms with Gasteiger partial charge in [-0.25, -0.2) is 4.99 Å². The van der Waals surface area contributed by atoms with Gasteiger partial charge < -0.3 is 10.1 Å². The monoisotopic (exact) mass is 252 g/mol. The highest BCUT2D eigenvalue weighted by molar-refractivity contribution is 9.11. The fourth-order valence-corrected chi connectivity index (χ4v) is 1.83. The van der Waals surface area contributed by atoms with Crippen molar-refractivity contribution in [3.8, 4) is 0 Å². The molecule has 2 rings (SSSR count). The Labute approximate surface area is 89.3 Å². The number of aromatic amines is 1. The Kier molecular flexibility index (Phi) is 2.39. The van der Waals surface area contributed by atoms with Gasteiger partial charge in [-0.1, -0.05) is 6.58 Å². The number of aliphatic hydroxyl groups excluding tert-OH is 1. The largest absolute Gasteiger partial charge is 0.392 e. The van der Waals surface area contributed by atoms with Crippen LogP contribution in [-0.2, 0) is 6.61 Å². The second-order valence-electron chi connectivity index (χ2n) is 3.03. The molecule has 0 spiro atoms. The summed E-state index contributed by atoms with van der Waals surface area (Å²) in [6, 6.07) is 0. The number of allylic oxidation sites excluding steroid dienone is 2. The molecule has 3 nitrogen and oxygen atoms in total. The maximum atomic E-state index is 9.08. The molecule has 0 fully saturated rings. The Morgan fingerprint density at radius 1 is 1.50 bits per heavy atom. The molecular formula is C10H9BrN2O. The lowest BCUT2D eigenvalue weighted by atomic mass is 10.2. The summed E-state index contributed by atoms with van der Waals surface area (Å²) in [5, 5.41) is 10.7. The number of aromatic nitrogens is 1. The smallest absolute Gasteiger partial charge is 0.107 e. The number of nitrogens with one attached hydrogen (secondary N) is 1. The van der Waals surface area contributed by atoms with E-state index in [1.165, 1.54) is 0 Å². The van der Waals surface area contributed by atoms with Crippen molar-refractivity contribution < 1.29 is 5.11 Å². The van der Waals surface area contributed by atoms with Crippen LogP contribution in [0.2, 0.25) is 0 Å². The highest BCUT2D eigenvalue weighted by atomic mass is 79.9. The lowest BCUT2D eigenvalue weighted by molar-refractivity contribution is 0.280.